The molecule has 1 heterocycles. The maximum atomic E-state index is 6.08. The summed E-state index contributed by atoms with van der Waals surface area (Å²) >= 11 is 9.44. The van der Waals surface area contributed by atoms with Gasteiger partial charge in [0, 0.05) is 12.7 Å². The minimum absolute atomic E-state index is 0.367. The molecule has 1 aromatic heterocycles. The molecule has 0 N–H and O–H groups in total. The molecule has 2 aromatic rings. The first kappa shape index (κ1) is 14.2. The second-order valence-electron chi connectivity index (χ2n) is 3.76. The lowest BCUT2D eigenvalue weighted by Gasteiger charge is -2.08. The van der Waals surface area contributed by atoms with Gasteiger partial charge in [0.1, 0.15) is 10.9 Å². The summed E-state index contributed by atoms with van der Waals surface area (Å²) in [4.78, 5) is 8.69. The molecule has 0 bridgehead atoms. The van der Waals surface area contributed by atoms with Crippen molar-refractivity contribution in [3.05, 3.63) is 39.6 Å². The summed E-state index contributed by atoms with van der Waals surface area (Å²) in [5, 5.41) is 0.368. The number of aromatic nitrogens is 2. The molecule has 4 nitrogen and oxygen atoms in total. The summed E-state index contributed by atoms with van der Waals surface area (Å²) in [6.07, 6.45) is 0. The normalized spacial score (nSPS) is 10.5. The lowest BCUT2D eigenvalue weighted by Crippen LogP contribution is -2.00. The van der Waals surface area contributed by atoms with Crippen molar-refractivity contribution in [1.29, 1.82) is 0 Å². The quantitative estimate of drug-likeness (QED) is 0.794. The molecule has 0 saturated heterocycles. The van der Waals surface area contributed by atoms with E-state index < -0.39 is 0 Å². The molecule has 1 aromatic carbocycles. The number of hydrogen-bond donors (Lipinski definition) is 0. The van der Waals surface area contributed by atoms with Crippen molar-refractivity contribution in [1.82, 2.24) is 9.97 Å². The average molecular weight is 344 g/mol. The van der Waals surface area contributed by atoms with Gasteiger partial charge in [-0.2, -0.15) is 0 Å². The Hall–Kier alpha value is -1.17. The summed E-state index contributed by atoms with van der Waals surface area (Å²) in [5.74, 6) is 1.34. The molecule has 0 radical (unpaired) electrons. The van der Waals surface area contributed by atoms with E-state index in [0.29, 0.717) is 27.8 Å². The predicted molar refractivity (Wildman–Crippen MR) is 77.4 cm³/mol. The van der Waals surface area contributed by atoms with Crippen LogP contribution in [0.4, 0.5) is 0 Å². The molecule has 0 aliphatic rings. The van der Waals surface area contributed by atoms with Crippen LogP contribution in [-0.2, 0) is 11.3 Å². The average Bonchev–Trinajstić information content (AvgIpc) is 2.44. The standard InChI is InChI=1S/C13H12BrClN2O2/c1-18-7-10-11(14)12(15)17-13(16-10)8-3-5-9(19-2)6-4-8/h3-6H,7H2,1-2H3. The van der Waals surface area contributed by atoms with Gasteiger partial charge in [0.2, 0.25) is 0 Å². The number of rotatable bonds is 4. The molecule has 6 heteroatoms. The highest BCUT2D eigenvalue weighted by Gasteiger charge is 2.12. The van der Waals surface area contributed by atoms with E-state index in [-0.39, 0.29) is 0 Å². The Balaban J connectivity index is 2.43. The van der Waals surface area contributed by atoms with Gasteiger partial charge in [-0.3, -0.25) is 0 Å². The number of benzene rings is 1. The number of hydrogen-bond acceptors (Lipinski definition) is 4. The molecule has 0 atom stereocenters. The van der Waals surface area contributed by atoms with Crippen LogP contribution in [0.3, 0.4) is 0 Å². The second kappa shape index (κ2) is 6.32. The summed E-state index contributed by atoms with van der Waals surface area (Å²) in [7, 11) is 3.23. The zero-order valence-electron chi connectivity index (χ0n) is 10.5. The lowest BCUT2D eigenvalue weighted by molar-refractivity contribution is 0.181. The van der Waals surface area contributed by atoms with Gasteiger partial charge in [-0.25, -0.2) is 9.97 Å². The SMILES string of the molecule is COCc1nc(-c2ccc(OC)cc2)nc(Cl)c1Br. The maximum Gasteiger partial charge on any atom is 0.161 e. The fourth-order valence-electron chi connectivity index (χ4n) is 1.56. The molecule has 0 amide bonds. The van der Waals surface area contributed by atoms with E-state index in [9.17, 15) is 0 Å². The van der Waals surface area contributed by atoms with E-state index >= 15 is 0 Å². The van der Waals surface area contributed by atoms with Crippen molar-refractivity contribution >= 4 is 27.5 Å². The van der Waals surface area contributed by atoms with Crippen LogP contribution in [-0.4, -0.2) is 24.2 Å². The van der Waals surface area contributed by atoms with Crippen LogP contribution in [0.1, 0.15) is 5.69 Å². The summed E-state index contributed by atoms with van der Waals surface area (Å²) < 4.78 is 10.9. The molecular weight excluding hydrogens is 332 g/mol. The van der Waals surface area contributed by atoms with Crippen LogP contribution >= 0.6 is 27.5 Å². The highest BCUT2D eigenvalue weighted by atomic mass is 79.9. The Bertz CT molecular complexity index is 576. The van der Waals surface area contributed by atoms with Crippen molar-refractivity contribution in [2.75, 3.05) is 14.2 Å². The molecule has 0 fully saturated rings. The van der Waals surface area contributed by atoms with E-state index in [1.165, 1.54) is 0 Å². The smallest absolute Gasteiger partial charge is 0.161 e. The third-order valence-corrected chi connectivity index (χ3v) is 3.84. The van der Waals surface area contributed by atoms with Crippen LogP contribution in [0.25, 0.3) is 11.4 Å². The van der Waals surface area contributed by atoms with Gasteiger partial charge in [0.25, 0.3) is 0 Å². The Morgan fingerprint density at radius 2 is 1.84 bits per heavy atom. The van der Waals surface area contributed by atoms with E-state index in [2.05, 4.69) is 25.9 Å². The Labute approximate surface area is 124 Å². The van der Waals surface area contributed by atoms with Crippen LogP contribution in [0.15, 0.2) is 28.7 Å². The van der Waals surface area contributed by atoms with Gasteiger partial charge in [0.15, 0.2) is 5.82 Å². The van der Waals surface area contributed by atoms with Crippen LogP contribution in [0, 0.1) is 0 Å². The number of halogens is 2. The van der Waals surface area contributed by atoms with Crippen molar-refractivity contribution in [2.24, 2.45) is 0 Å². The molecule has 0 unspecified atom stereocenters. The van der Waals surface area contributed by atoms with Crippen molar-refractivity contribution in [3.63, 3.8) is 0 Å². The maximum absolute atomic E-state index is 6.08. The summed E-state index contributed by atoms with van der Waals surface area (Å²) in [5.41, 5.74) is 1.58. The Morgan fingerprint density at radius 1 is 1.16 bits per heavy atom. The lowest BCUT2D eigenvalue weighted by atomic mass is 10.2. The Kier molecular flexibility index (Phi) is 4.74. The van der Waals surface area contributed by atoms with E-state index in [4.69, 9.17) is 21.1 Å². The Morgan fingerprint density at radius 3 is 2.42 bits per heavy atom. The van der Waals surface area contributed by atoms with Crippen molar-refractivity contribution in [3.8, 4) is 17.1 Å². The first-order valence-electron chi connectivity index (χ1n) is 5.51. The third kappa shape index (κ3) is 3.23. The van der Waals surface area contributed by atoms with Gasteiger partial charge in [-0.1, -0.05) is 11.6 Å². The zero-order chi connectivity index (χ0) is 13.8. The third-order valence-electron chi connectivity index (χ3n) is 2.51. The zero-order valence-corrected chi connectivity index (χ0v) is 12.8. The molecule has 0 spiro atoms. The first-order chi connectivity index (χ1) is 9.15. The highest BCUT2D eigenvalue weighted by molar-refractivity contribution is 9.10. The van der Waals surface area contributed by atoms with Gasteiger partial charge >= 0.3 is 0 Å². The number of ether oxygens (including phenoxy) is 2. The van der Waals surface area contributed by atoms with Gasteiger partial charge in [-0.15, -0.1) is 0 Å². The molecule has 0 saturated carbocycles. The van der Waals surface area contributed by atoms with Gasteiger partial charge in [-0.05, 0) is 40.2 Å². The topological polar surface area (TPSA) is 44.2 Å². The molecule has 0 aliphatic heterocycles. The van der Waals surface area contributed by atoms with Crippen molar-refractivity contribution in [2.45, 2.75) is 6.61 Å². The second-order valence-corrected chi connectivity index (χ2v) is 4.91. The largest absolute Gasteiger partial charge is 0.497 e. The number of methoxy groups -OCH3 is 2. The van der Waals surface area contributed by atoms with E-state index in [1.54, 1.807) is 14.2 Å². The van der Waals surface area contributed by atoms with Crippen LogP contribution < -0.4 is 4.74 Å². The van der Waals surface area contributed by atoms with Crippen LogP contribution in [0.2, 0.25) is 5.15 Å². The summed E-state index contributed by atoms with van der Waals surface area (Å²) in [6.45, 7) is 0.367. The van der Waals surface area contributed by atoms with Gasteiger partial charge in [0.05, 0.1) is 23.9 Å². The van der Waals surface area contributed by atoms with Gasteiger partial charge < -0.3 is 9.47 Å². The molecule has 100 valence electrons. The van der Waals surface area contributed by atoms with Crippen molar-refractivity contribution < 1.29 is 9.47 Å². The fourth-order valence-corrected chi connectivity index (χ4v) is 2.05. The molecule has 19 heavy (non-hydrogen) atoms. The summed E-state index contributed by atoms with van der Waals surface area (Å²) in [6, 6.07) is 7.47. The highest BCUT2D eigenvalue weighted by Crippen LogP contribution is 2.28. The molecular formula is C13H12BrClN2O2. The molecule has 2 rings (SSSR count). The van der Waals surface area contributed by atoms with E-state index in [0.717, 1.165) is 11.3 Å². The van der Waals surface area contributed by atoms with E-state index in [1.807, 2.05) is 24.3 Å². The monoisotopic (exact) mass is 342 g/mol. The number of nitrogens with zero attached hydrogens (tertiary/aromatic N) is 2. The fraction of sp³-hybridized carbons (Fsp3) is 0.231. The predicted octanol–water partition coefficient (Wildman–Crippen LogP) is 3.71. The first-order valence-corrected chi connectivity index (χ1v) is 6.68. The minimum atomic E-state index is 0.367. The van der Waals surface area contributed by atoms with Crippen LogP contribution in [0.5, 0.6) is 5.75 Å². The molecule has 0 aliphatic carbocycles. The minimum Gasteiger partial charge on any atom is -0.497 e.